The van der Waals surface area contributed by atoms with Crippen LogP contribution >= 0.6 is 0 Å². The van der Waals surface area contributed by atoms with Crippen molar-refractivity contribution in [3.05, 3.63) is 77.7 Å². The van der Waals surface area contributed by atoms with Crippen molar-refractivity contribution in [1.82, 2.24) is 25.3 Å². The topological polar surface area (TPSA) is 105 Å². The monoisotopic (exact) mass is 444 g/mol. The molecule has 3 heterocycles. The fraction of sp³-hybridized carbons (Fsp3) is 0.385. The van der Waals surface area contributed by atoms with Gasteiger partial charge >= 0.3 is 0 Å². The van der Waals surface area contributed by atoms with Crippen LogP contribution in [0.5, 0.6) is 5.75 Å². The number of nitrogens with zero attached hydrogens (tertiary/aromatic N) is 3. The van der Waals surface area contributed by atoms with Crippen LogP contribution < -0.4 is 11.1 Å². The van der Waals surface area contributed by atoms with Crippen LogP contribution in [0.1, 0.15) is 48.2 Å². The summed E-state index contributed by atoms with van der Waals surface area (Å²) in [5.74, 6) is 0.941. The van der Waals surface area contributed by atoms with E-state index in [1.807, 2.05) is 23.0 Å². The van der Waals surface area contributed by atoms with Gasteiger partial charge in [0.2, 0.25) is 0 Å². The van der Waals surface area contributed by atoms with Crippen molar-refractivity contribution in [2.45, 2.75) is 44.2 Å². The molecule has 4 aromatic rings. The SMILES string of the molecule is N[C@@H](Cc1ccc(O)cc1)c1cn([C@@H](Cc2c[nH]c3ccccc23)CC2CCNCC2)nn1. The van der Waals surface area contributed by atoms with E-state index >= 15 is 0 Å². The van der Waals surface area contributed by atoms with E-state index in [9.17, 15) is 5.11 Å². The largest absolute Gasteiger partial charge is 0.508 e. The highest BCUT2D eigenvalue weighted by molar-refractivity contribution is 5.83. The molecule has 1 aliphatic rings. The second-order valence-corrected chi connectivity index (χ2v) is 9.25. The molecule has 0 unspecified atom stereocenters. The van der Waals surface area contributed by atoms with E-state index in [0.717, 1.165) is 37.2 Å². The predicted molar refractivity (Wildman–Crippen MR) is 130 cm³/mol. The van der Waals surface area contributed by atoms with Crippen molar-refractivity contribution >= 4 is 10.9 Å². The smallest absolute Gasteiger partial charge is 0.115 e. The Hall–Kier alpha value is -3.16. The van der Waals surface area contributed by atoms with E-state index in [4.69, 9.17) is 5.73 Å². The molecule has 0 spiro atoms. The molecule has 7 nitrogen and oxygen atoms in total. The summed E-state index contributed by atoms with van der Waals surface area (Å²) in [6.07, 6.45) is 9.21. The predicted octanol–water partition coefficient (Wildman–Crippen LogP) is 3.88. The second kappa shape index (κ2) is 9.77. The minimum Gasteiger partial charge on any atom is -0.508 e. The number of aromatic hydroxyl groups is 1. The molecule has 0 aliphatic carbocycles. The lowest BCUT2D eigenvalue weighted by Crippen LogP contribution is -2.29. The molecular weight excluding hydrogens is 412 g/mol. The first-order chi connectivity index (χ1) is 16.2. The van der Waals surface area contributed by atoms with Crippen LogP contribution in [0.25, 0.3) is 10.9 Å². The lowest BCUT2D eigenvalue weighted by molar-refractivity contribution is 0.282. The number of fused-ring (bicyclic) bond motifs is 1. The molecule has 2 atom stereocenters. The first kappa shape index (κ1) is 21.7. The molecule has 0 saturated carbocycles. The van der Waals surface area contributed by atoms with Crippen LogP contribution in [0.15, 0.2) is 60.9 Å². The minimum atomic E-state index is -0.240. The summed E-state index contributed by atoms with van der Waals surface area (Å²) < 4.78 is 2.04. The lowest BCUT2D eigenvalue weighted by atomic mass is 9.88. The summed E-state index contributed by atoms with van der Waals surface area (Å²) in [6, 6.07) is 15.6. The highest BCUT2D eigenvalue weighted by atomic mass is 16.3. The third-order valence-electron chi connectivity index (χ3n) is 6.87. The van der Waals surface area contributed by atoms with E-state index in [2.05, 4.69) is 51.1 Å². The van der Waals surface area contributed by atoms with Crippen LogP contribution in [-0.2, 0) is 12.8 Å². The summed E-state index contributed by atoms with van der Waals surface area (Å²) in [7, 11) is 0. The third-order valence-corrected chi connectivity index (χ3v) is 6.87. The zero-order valence-electron chi connectivity index (χ0n) is 18.8. The molecule has 7 heteroatoms. The number of piperidine rings is 1. The quantitative estimate of drug-likeness (QED) is 0.330. The molecule has 2 aromatic heterocycles. The van der Waals surface area contributed by atoms with Gasteiger partial charge < -0.3 is 21.1 Å². The van der Waals surface area contributed by atoms with Gasteiger partial charge in [-0.15, -0.1) is 5.10 Å². The Morgan fingerprint density at radius 3 is 2.67 bits per heavy atom. The number of hydrogen-bond acceptors (Lipinski definition) is 5. The molecule has 1 fully saturated rings. The summed E-state index contributed by atoms with van der Waals surface area (Å²) in [4.78, 5) is 3.41. The number of benzene rings is 2. The normalized spacial score (nSPS) is 16.8. The van der Waals surface area contributed by atoms with Crippen molar-refractivity contribution < 1.29 is 5.11 Å². The van der Waals surface area contributed by atoms with Crippen LogP contribution in [0.3, 0.4) is 0 Å². The van der Waals surface area contributed by atoms with Gasteiger partial charge in [-0.25, -0.2) is 4.68 Å². The number of nitrogens with one attached hydrogen (secondary N) is 2. The van der Waals surface area contributed by atoms with Crippen molar-refractivity contribution in [3.63, 3.8) is 0 Å². The number of hydrogen-bond donors (Lipinski definition) is 4. The maximum Gasteiger partial charge on any atom is 0.115 e. The van der Waals surface area contributed by atoms with Crippen molar-refractivity contribution in [3.8, 4) is 5.75 Å². The molecule has 33 heavy (non-hydrogen) atoms. The van der Waals surface area contributed by atoms with Crippen LogP contribution in [-0.4, -0.2) is 38.2 Å². The van der Waals surface area contributed by atoms with Gasteiger partial charge in [-0.05, 0) is 80.4 Å². The average Bonchev–Trinajstić information content (AvgIpc) is 3.49. The number of para-hydroxylation sites is 1. The molecule has 2 aromatic carbocycles. The summed E-state index contributed by atoms with van der Waals surface area (Å²) >= 11 is 0. The van der Waals surface area contributed by atoms with Gasteiger partial charge in [0.1, 0.15) is 5.75 Å². The number of rotatable bonds is 8. The molecule has 1 aliphatic heterocycles. The Morgan fingerprint density at radius 2 is 1.85 bits per heavy atom. The highest BCUT2D eigenvalue weighted by Crippen LogP contribution is 2.30. The Kier molecular flexibility index (Phi) is 6.41. The van der Waals surface area contributed by atoms with E-state index < -0.39 is 0 Å². The first-order valence-corrected chi connectivity index (χ1v) is 11.9. The molecule has 5 rings (SSSR count). The van der Waals surface area contributed by atoms with Crippen LogP contribution in [0.2, 0.25) is 0 Å². The van der Waals surface area contributed by atoms with Gasteiger partial charge in [0.25, 0.3) is 0 Å². The average molecular weight is 445 g/mol. The fourth-order valence-electron chi connectivity index (χ4n) is 4.97. The summed E-state index contributed by atoms with van der Waals surface area (Å²) in [6.45, 7) is 2.18. The number of phenolic OH excluding ortho intramolecular Hbond substituents is 1. The Labute approximate surface area is 194 Å². The van der Waals surface area contributed by atoms with E-state index in [0.29, 0.717) is 12.3 Å². The van der Waals surface area contributed by atoms with E-state index in [1.165, 1.54) is 29.3 Å². The molecule has 0 amide bonds. The Morgan fingerprint density at radius 1 is 1.06 bits per heavy atom. The van der Waals surface area contributed by atoms with Gasteiger partial charge in [-0.3, -0.25) is 0 Å². The van der Waals surface area contributed by atoms with Gasteiger partial charge in [0, 0.05) is 17.1 Å². The number of phenols is 1. The zero-order chi connectivity index (χ0) is 22.6. The highest BCUT2D eigenvalue weighted by Gasteiger charge is 2.23. The van der Waals surface area contributed by atoms with Gasteiger partial charge in [0.15, 0.2) is 0 Å². The van der Waals surface area contributed by atoms with Crippen molar-refractivity contribution in [1.29, 1.82) is 0 Å². The van der Waals surface area contributed by atoms with Crippen molar-refractivity contribution in [2.24, 2.45) is 11.7 Å². The molecule has 5 N–H and O–H groups in total. The zero-order valence-corrected chi connectivity index (χ0v) is 18.8. The second-order valence-electron chi connectivity index (χ2n) is 9.25. The summed E-state index contributed by atoms with van der Waals surface area (Å²) in [5.41, 5.74) is 10.8. The van der Waals surface area contributed by atoms with E-state index in [1.54, 1.807) is 12.1 Å². The van der Waals surface area contributed by atoms with Crippen molar-refractivity contribution in [2.75, 3.05) is 13.1 Å². The molecule has 1 saturated heterocycles. The number of aromatic amines is 1. The Bertz CT molecular complexity index is 1170. The minimum absolute atomic E-state index is 0.231. The third kappa shape index (κ3) is 5.10. The number of aromatic nitrogens is 4. The number of H-pyrrole nitrogens is 1. The molecule has 0 bridgehead atoms. The van der Waals surface area contributed by atoms with E-state index in [-0.39, 0.29) is 17.8 Å². The molecule has 0 radical (unpaired) electrons. The number of nitrogens with two attached hydrogens (primary N) is 1. The van der Waals surface area contributed by atoms with Gasteiger partial charge in [0.05, 0.1) is 24.0 Å². The van der Waals surface area contributed by atoms with Crippen LogP contribution in [0, 0.1) is 5.92 Å². The maximum atomic E-state index is 9.52. The van der Waals surface area contributed by atoms with Gasteiger partial charge in [-0.1, -0.05) is 35.5 Å². The summed E-state index contributed by atoms with van der Waals surface area (Å²) in [5, 5.41) is 23.3. The first-order valence-electron chi connectivity index (χ1n) is 11.9. The molecular formula is C26H32N6O. The Balaban J connectivity index is 1.36. The standard InChI is InChI=1S/C26H32N6O/c27-24(14-18-5-7-22(33)8-6-18)26-17-32(31-30-26)21(13-19-9-11-28-12-10-19)15-20-16-29-25-4-2-1-3-23(20)25/h1-8,16-17,19,21,24,28-29,33H,9-15,27H2/t21-,24+/m1/s1. The fourth-order valence-corrected chi connectivity index (χ4v) is 4.97. The van der Waals surface area contributed by atoms with Gasteiger partial charge in [-0.2, -0.15) is 0 Å². The lowest BCUT2D eigenvalue weighted by Gasteiger charge is -2.27. The maximum absolute atomic E-state index is 9.52. The molecule has 172 valence electrons. The van der Waals surface area contributed by atoms with Crippen LogP contribution in [0.4, 0.5) is 0 Å².